The summed E-state index contributed by atoms with van der Waals surface area (Å²) >= 11 is 0. The molecule has 8 atom stereocenters. The quantitative estimate of drug-likeness (QED) is 0.260. The van der Waals surface area contributed by atoms with Gasteiger partial charge in [-0.2, -0.15) is 0 Å². The molecule has 2 fully saturated rings. The molecule has 0 aromatic carbocycles. The van der Waals surface area contributed by atoms with Crippen LogP contribution in [0, 0.1) is 39.4 Å². The molecule has 220 valence electrons. The Morgan fingerprint density at radius 3 is 2.23 bits per heavy atom. The van der Waals surface area contributed by atoms with Crippen molar-refractivity contribution < 1.29 is 39.2 Å². The lowest BCUT2D eigenvalue weighted by Crippen LogP contribution is -2.64. The summed E-state index contributed by atoms with van der Waals surface area (Å²) in [6.45, 7) is 15.1. The minimum Gasteiger partial charge on any atom is -0.505 e. The van der Waals surface area contributed by atoms with E-state index in [1.54, 1.807) is 13.8 Å². The molecule has 3 N–H and O–H groups in total. The van der Waals surface area contributed by atoms with Gasteiger partial charge in [-0.05, 0) is 76.4 Å². The molecule has 40 heavy (non-hydrogen) atoms. The van der Waals surface area contributed by atoms with E-state index in [4.69, 9.17) is 4.74 Å². The first-order valence-corrected chi connectivity index (χ1v) is 14.1. The molecule has 4 aliphatic rings. The molecule has 4 aliphatic carbocycles. The van der Waals surface area contributed by atoms with Gasteiger partial charge in [0.25, 0.3) is 0 Å². The fourth-order valence-electron chi connectivity index (χ4n) is 8.96. The minimum atomic E-state index is -1.79. The van der Waals surface area contributed by atoms with Crippen molar-refractivity contribution in [1.82, 2.24) is 0 Å². The molecule has 0 aliphatic heterocycles. The van der Waals surface area contributed by atoms with Crippen molar-refractivity contribution in [2.45, 2.75) is 98.9 Å². The second-order valence-electron chi connectivity index (χ2n) is 14.5. The van der Waals surface area contributed by atoms with Gasteiger partial charge in [0.2, 0.25) is 5.78 Å². The zero-order valence-corrected chi connectivity index (χ0v) is 25.1. The average molecular weight is 557 g/mol. The van der Waals surface area contributed by atoms with Crippen LogP contribution in [0.2, 0.25) is 0 Å². The first kappa shape index (κ1) is 30.4. The Bertz CT molecular complexity index is 1260. The molecule has 0 aromatic rings. The lowest BCUT2D eigenvalue weighted by atomic mass is 9.39. The number of ether oxygens (including phenoxy) is 1. The van der Waals surface area contributed by atoms with Gasteiger partial charge >= 0.3 is 5.97 Å². The number of hydrogen-bond acceptors (Lipinski definition) is 8. The van der Waals surface area contributed by atoms with E-state index in [9.17, 15) is 34.5 Å². The van der Waals surface area contributed by atoms with Crippen LogP contribution in [0.1, 0.15) is 81.6 Å². The van der Waals surface area contributed by atoms with Gasteiger partial charge in [0.15, 0.2) is 17.1 Å². The highest BCUT2D eigenvalue weighted by atomic mass is 16.6. The smallest absolute Gasteiger partial charge is 0.303 e. The zero-order valence-electron chi connectivity index (χ0n) is 25.1. The van der Waals surface area contributed by atoms with Crippen LogP contribution in [0.3, 0.4) is 0 Å². The monoisotopic (exact) mass is 556 g/mol. The van der Waals surface area contributed by atoms with E-state index in [2.05, 4.69) is 0 Å². The van der Waals surface area contributed by atoms with E-state index in [0.717, 1.165) is 5.57 Å². The maximum Gasteiger partial charge on any atom is 0.303 e. The van der Waals surface area contributed by atoms with Gasteiger partial charge in [-0.15, -0.1) is 0 Å². The highest BCUT2D eigenvalue weighted by molar-refractivity contribution is 6.02. The number of fused-ring (bicyclic) bond motifs is 5. The topological polar surface area (TPSA) is 138 Å². The summed E-state index contributed by atoms with van der Waals surface area (Å²) in [5.74, 6) is -3.73. The standard InChI is InChI=1S/C32H44O8/c1-17(33)40-32(9,23(36)12-13-27(2,3)39)25-21(35)15-29(6)22-11-10-18-19(14-20(34)26(38)28(18,4)5)31(22,8)24(37)16-30(25,29)7/h10,12-14,19,21-22,25,34-35,39H,11,15-16H2,1-9H3/b13-12+. The summed E-state index contributed by atoms with van der Waals surface area (Å²) < 4.78 is 5.73. The van der Waals surface area contributed by atoms with Gasteiger partial charge < -0.3 is 20.1 Å². The number of hydrogen-bond donors (Lipinski definition) is 3. The molecular formula is C32H44O8. The molecule has 8 heteroatoms. The largest absolute Gasteiger partial charge is 0.505 e. The lowest BCUT2D eigenvalue weighted by Gasteiger charge is -2.63. The fourth-order valence-corrected chi connectivity index (χ4v) is 8.96. The fraction of sp³-hybridized carbons (Fsp3) is 0.688. The Morgan fingerprint density at radius 2 is 1.68 bits per heavy atom. The van der Waals surface area contributed by atoms with Crippen molar-refractivity contribution in [1.29, 1.82) is 0 Å². The number of esters is 1. The number of carbonyl (C=O) groups is 4. The number of rotatable bonds is 5. The van der Waals surface area contributed by atoms with Crippen LogP contribution in [0.15, 0.2) is 35.6 Å². The molecule has 0 spiro atoms. The van der Waals surface area contributed by atoms with Gasteiger partial charge in [-0.1, -0.05) is 38.5 Å². The lowest BCUT2D eigenvalue weighted by molar-refractivity contribution is -0.191. The Morgan fingerprint density at radius 1 is 1.07 bits per heavy atom. The third kappa shape index (κ3) is 4.00. The summed E-state index contributed by atoms with van der Waals surface area (Å²) in [4.78, 5) is 53.3. The first-order chi connectivity index (χ1) is 18.1. The molecule has 8 unspecified atom stereocenters. The molecule has 0 aromatic heterocycles. The summed E-state index contributed by atoms with van der Waals surface area (Å²) in [5, 5.41) is 32.5. The van der Waals surface area contributed by atoms with Gasteiger partial charge in [0, 0.05) is 30.6 Å². The second kappa shape index (κ2) is 8.96. The number of Topliss-reactive ketones (excluding diaryl/α,β-unsaturated/α-hetero) is 2. The second-order valence-corrected chi connectivity index (χ2v) is 14.5. The molecule has 0 heterocycles. The minimum absolute atomic E-state index is 0.0182. The van der Waals surface area contributed by atoms with E-state index in [1.165, 1.54) is 45.9 Å². The predicted octanol–water partition coefficient (Wildman–Crippen LogP) is 4.19. The number of ketones is 3. The molecular weight excluding hydrogens is 512 g/mol. The summed E-state index contributed by atoms with van der Waals surface area (Å²) in [6, 6.07) is 0. The Balaban J connectivity index is 1.87. The summed E-state index contributed by atoms with van der Waals surface area (Å²) in [5.41, 5.74) is -5.78. The van der Waals surface area contributed by atoms with Crippen LogP contribution >= 0.6 is 0 Å². The van der Waals surface area contributed by atoms with E-state index >= 15 is 0 Å². The van der Waals surface area contributed by atoms with Crippen LogP contribution in [0.5, 0.6) is 0 Å². The molecule has 0 radical (unpaired) electrons. The molecule has 0 amide bonds. The molecule has 2 saturated carbocycles. The number of allylic oxidation sites excluding steroid dienone is 4. The zero-order chi connectivity index (χ0) is 30.4. The maximum absolute atomic E-state index is 14.4. The number of carbonyl (C=O) groups excluding carboxylic acids is 4. The number of aliphatic hydroxyl groups excluding tert-OH is 2. The van der Waals surface area contributed by atoms with Crippen molar-refractivity contribution in [3.05, 3.63) is 35.6 Å². The highest BCUT2D eigenvalue weighted by Gasteiger charge is 2.75. The van der Waals surface area contributed by atoms with E-state index in [0.29, 0.717) is 6.42 Å². The van der Waals surface area contributed by atoms with Crippen molar-refractivity contribution in [3.8, 4) is 0 Å². The van der Waals surface area contributed by atoms with Gasteiger partial charge in [0.05, 0.1) is 17.1 Å². The molecule has 0 bridgehead atoms. The van der Waals surface area contributed by atoms with Gasteiger partial charge in [-0.3, -0.25) is 19.2 Å². The van der Waals surface area contributed by atoms with Crippen molar-refractivity contribution in [3.63, 3.8) is 0 Å². The molecule has 8 nitrogen and oxygen atoms in total. The third-order valence-corrected chi connectivity index (χ3v) is 11.1. The SMILES string of the molecule is CC(=O)OC(C)(C(=O)/C=C/C(C)(C)O)C1C(O)CC2(C)C3CC=C4C(C=C(O)C(=O)C4(C)C)C3(C)C(=O)CC12C. The van der Waals surface area contributed by atoms with Gasteiger partial charge in [0.1, 0.15) is 5.78 Å². The normalized spacial score (nSPS) is 40.4. The Kier molecular flexibility index (Phi) is 6.80. The summed E-state index contributed by atoms with van der Waals surface area (Å²) in [7, 11) is 0. The average Bonchev–Trinajstić information content (AvgIpc) is 3.00. The highest BCUT2D eigenvalue weighted by Crippen LogP contribution is 2.74. The van der Waals surface area contributed by atoms with E-state index in [-0.39, 0.29) is 36.1 Å². The predicted molar refractivity (Wildman–Crippen MR) is 148 cm³/mol. The molecule has 0 saturated heterocycles. The third-order valence-electron chi connectivity index (χ3n) is 11.1. The van der Waals surface area contributed by atoms with Crippen LogP contribution in [-0.2, 0) is 23.9 Å². The van der Waals surface area contributed by atoms with Crippen molar-refractivity contribution in [2.24, 2.45) is 39.4 Å². The maximum atomic E-state index is 14.4. The van der Waals surface area contributed by atoms with Crippen LogP contribution in [0.4, 0.5) is 0 Å². The van der Waals surface area contributed by atoms with E-state index < -0.39 is 62.6 Å². The van der Waals surface area contributed by atoms with Crippen molar-refractivity contribution in [2.75, 3.05) is 0 Å². The Labute approximate surface area is 236 Å². The Hall–Kier alpha value is -2.58. The van der Waals surface area contributed by atoms with Crippen LogP contribution in [0.25, 0.3) is 0 Å². The summed E-state index contributed by atoms with van der Waals surface area (Å²) in [6.07, 6.45) is 5.76. The van der Waals surface area contributed by atoms with Crippen LogP contribution in [-0.4, -0.2) is 55.9 Å². The molecule has 4 rings (SSSR count). The van der Waals surface area contributed by atoms with Crippen molar-refractivity contribution >= 4 is 23.3 Å². The van der Waals surface area contributed by atoms with Crippen LogP contribution < -0.4 is 0 Å². The number of aliphatic hydroxyl groups is 3. The van der Waals surface area contributed by atoms with Gasteiger partial charge in [-0.25, -0.2) is 0 Å². The van der Waals surface area contributed by atoms with E-state index in [1.807, 2.05) is 26.8 Å². The first-order valence-electron chi connectivity index (χ1n) is 14.1.